The molecule has 0 aliphatic carbocycles. The Morgan fingerprint density at radius 2 is 2.13 bits per heavy atom. The predicted molar refractivity (Wildman–Crippen MR) is 99.7 cm³/mol. The minimum absolute atomic E-state index is 0.0472. The van der Waals surface area contributed by atoms with Crippen molar-refractivity contribution in [3.63, 3.8) is 0 Å². The van der Waals surface area contributed by atoms with Crippen molar-refractivity contribution in [1.82, 2.24) is 10.2 Å². The summed E-state index contributed by atoms with van der Waals surface area (Å²) in [5.41, 5.74) is 1.22. The monoisotopic (exact) mass is 398 g/mol. The Bertz CT molecular complexity index is 572. The van der Waals surface area contributed by atoms with Crippen LogP contribution in [0.3, 0.4) is 0 Å². The summed E-state index contributed by atoms with van der Waals surface area (Å²) in [6.45, 7) is 6.11. The molecule has 0 unspecified atom stereocenters. The minimum atomic E-state index is -0.222. The number of halogens is 1. The van der Waals surface area contributed by atoms with E-state index in [-0.39, 0.29) is 12.5 Å². The van der Waals surface area contributed by atoms with E-state index >= 15 is 0 Å². The molecule has 0 aromatic heterocycles. The van der Waals surface area contributed by atoms with E-state index in [1.807, 2.05) is 18.2 Å². The zero-order chi connectivity index (χ0) is 16.8. The molecule has 1 aliphatic rings. The van der Waals surface area contributed by atoms with Crippen LogP contribution in [-0.2, 0) is 11.2 Å². The molecule has 23 heavy (non-hydrogen) atoms. The van der Waals surface area contributed by atoms with Gasteiger partial charge in [0.15, 0.2) is 11.7 Å². The first-order chi connectivity index (χ1) is 11.0. The number of nitrogens with zero attached hydrogens (tertiary/aromatic N) is 1. The van der Waals surface area contributed by atoms with E-state index in [9.17, 15) is 4.79 Å². The van der Waals surface area contributed by atoms with Crippen LogP contribution in [0.2, 0.25) is 0 Å². The average molecular weight is 399 g/mol. The number of rotatable bonds is 4. The number of thiocarbonyl (C=S) groups is 1. The Morgan fingerprint density at radius 1 is 1.43 bits per heavy atom. The SMILES string of the molecule is CCc1ccc(OCC(=O)NC(=S)N2CCC(C)CC2)c(Br)c1. The fraction of sp³-hybridized carbons (Fsp3) is 0.529. The first kappa shape index (κ1) is 18.2. The number of carbonyl (C=O) groups is 1. The molecule has 0 spiro atoms. The maximum atomic E-state index is 12.0. The molecule has 0 saturated carbocycles. The summed E-state index contributed by atoms with van der Waals surface area (Å²) in [6, 6.07) is 5.88. The number of hydrogen-bond donors (Lipinski definition) is 1. The second kappa shape index (κ2) is 8.64. The fourth-order valence-corrected chi connectivity index (χ4v) is 3.31. The van der Waals surface area contributed by atoms with Gasteiger partial charge in [0, 0.05) is 13.1 Å². The van der Waals surface area contributed by atoms with E-state index in [1.165, 1.54) is 5.56 Å². The summed E-state index contributed by atoms with van der Waals surface area (Å²) in [7, 11) is 0. The molecule has 1 saturated heterocycles. The number of amides is 1. The molecule has 126 valence electrons. The summed E-state index contributed by atoms with van der Waals surface area (Å²) in [4.78, 5) is 14.1. The molecule has 1 fully saturated rings. The van der Waals surface area contributed by atoms with Gasteiger partial charge in [0.1, 0.15) is 5.75 Å². The van der Waals surface area contributed by atoms with Crippen LogP contribution >= 0.6 is 28.1 Å². The molecule has 6 heteroatoms. The van der Waals surface area contributed by atoms with Gasteiger partial charge in [0.05, 0.1) is 4.47 Å². The first-order valence-corrected chi connectivity index (χ1v) is 9.19. The zero-order valence-electron chi connectivity index (χ0n) is 13.6. The van der Waals surface area contributed by atoms with Gasteiger partial charge in [0.2, 0.25) is 0 Å². The quantitative estimate of drug-likeness (QED) is 0.787. The molecular weight excluding hydrogens is 376 g/mol. The molecule has 0 bridgehead atoms. The van der Waals surface area contributed by atoms with Crippen LogP contribution in [0.5, 0.6) is 5.75 Å². The number of aryl methyl sites for hydroxylation is 1. The zero-order valence-corrected chi connectivity index (χ0v) is 16.0. The van der Waals surface area contributed by atoms with Gasteiger partial charge in [-0.25, -0.2) is 0 Å². The van der Waals surface area contributed by atoms with Crippen molar-refractivity contribution in [2.75, 3.05) is 19.7 Å². The lowest BCUT2D eigenvalue weighted by Crippen LogP contribution is -2.47. The molecule has 0 atom stereocenters. The van der Waals surface area contributed by atoms with Gasteiger partial charge in [-0.2, -0.15) is 0 Å². The minimum Gasteiger partial charge on any atom is -0.483 e. The second-order valence-electron chi connectivity index (χ2n) is 5.93. The van der Waals surface area contributed by atoms with Gasteiger partial charge in [-0.05, 0) is 71.0 Å². The molecule has 1 heterocycles. The third-order valence-electron chi connectivity index (χ3n) is 4.08. The van der Waals surface area contributed by atoms with Crippen LogP contribution in [0.4, 0.5) is 0 Å². The Hall–Kier alpha value is -1.14. The summed E-state index contributed by atoms with van der Waals surface area (Å²) >= 11 is 8.77. The smallest absolute Gasteiger partial charge is 0.264 e. The number of hydrogen-bond acceptors (Lipinski definition) is 3. The van der Waals surface area contributed by atoms with E-state index in [4.69, 9.17) is 17.0 Å². The van der Waals surface area contributed by atoms with E-state index in [1.54, 1.807) is 0 Å². The van der Waals surface area contributed by atoms with Crippen LogP contribution < -0.4 is 10.1 Å². The Morgan fingerprint density at radius 3 is 2.74 bits per heavy atom. The van der Waals surface area contributed by atoms with Crippen LogP contribution in [0.15, 0.2) is 22.7 Å². The van der Waals surface area contributed by atoms with Crippen molar-refractivity contribution in [3.05, 3.63) is 28.2 Å². The van der Waals surface area contributed by atoms with Crippen molar-refractivity contribution in [1.29, 1.82) is 0 Å². The molecule has 2 rings (SSSR count). The third kappa shape index (κ3) is 5.46. The number of nitrogens with one attached hydrogen (secondary N) is 1. The van der Waals surface area contributed by atoms with Gasteiger partial charge < -0.3 is 15.0 Å². The van der Waals surface area contributed by atoms with Crippen molar-refractivity contribution in [3.8, 4) is 5.75 Å². The molecule has 1 aliphatic heterocycles. The molecule has 1 aromatic carbocycles. The standard InChI is InChI=1S/C17H23BrN2O2S/c1-3-13-4-5-15(14(18)10-13)22-11-16(21)19-17(23)20-8-6-12(2)7-9-20/h4-5,10,12H,3,6-9,11H2,1-2H3,(H,19,21,23). The van der Waals surface area contributed by atoms with Crippen molar-refractivity contribution in [2.45, 2.75) is 33.1 Å². The Kier molecular flexibility index (Phi) is 6.84. The highest BCUT2D eigenvalue weighted by Crippen LogP contribution is 2.26. The lowest BCUT2D eigenvalue weighted by molar-refractivity contribution is -0.121. The number of piperidine rings is 1. The van der Waals surface area contributed by atoms with Gasteiger partial charge in [0.25, 0.3) is 5.91 Å². The van der Waals surface area contributed by atoms with Crippen LogP contribution in [0, 0.1) is 5.92 Å². The van der Waals surface area contributed by atoms with E-state index in [0.717, 1.165) is 42.7 Å². The van der Waals surface area contributed by atoms with Crippen LogP contribution in [0.25, 0.3) is 0 Å². The predicted octanol–water partition coefficient (Wildman–Crippen LogP) is 3.52. The number of benzene rings is 1. The maximum Gasteiger partial charge on any atom is 0.264 e. The molecule has 1 aromatic rings. The van der Waals surface area contributed by atoms with Gasteiger partial charge in [-0.15, -0.1) is 0 Å². The number of likely N-dealkylation sites (tertiary alicyclic amines) is 1. The van der Waals surface area contributed by atoms with Crippen LogP contribution in [0.1, 0.15) is 32.3 Å². The highest BCUT2D eigenvalue weighted by Gasteiger charge is 2.19. The summed E-state index contributed by atoms with van der Waals surface area (Å²) in [5, 5.41) is 3.26. The van der Waals surface area contributed by atoms with Gasteiger partial charge in [-0.3, -0.25) is 4.79 Å². The maximum absolute atomic E-state index is 12.0. The summed E-state index contributed by atoms with van der Waals surface area (Å²) in [6.07, 6.45) is 3.19. The third-order valence-corrected chi connectivity index (χ3v) is 5.06. The van der Waals surface area contributed by atoms with Gasteiger partial charge in [-0.1, -0.05) is 19.9 Å². The number of ether oxygens (including phenoxy) is 1. The average Bonchev–Trinajstić information content (AvgIpc) is 2.54. The molecular formula is C17H23BrN2O2S. The van der Waals surface area contributed by atoms with E-state index in [0.29, 0.717) is 10.9 Å². The fourth-order valence-electron chi connectivity index (χ4n) is 2.47. The second-order valence-corrected chi connectivity index (χ2v) is 7.17. The molecule has 0 radical (unpaired) electrons. The molecule has 1 amide bonds. The van der Waals surface area contributed by atoms with Crippen molar-refractivity contribution >= 4 is 39.2 Å². The topological polar surface area (TPSA) is 41.6 Å². The highest BCUT2D eigenvalue weighted by molar-refractivity contribution is 9.10. The summed E-state index contributed by atoms with van der Waals surface area (Å²) in [5.74, 6) is 1.17. The Balaban J connectivity index is 1.79. The largest absolute Gasteiger partial charge is 0.483 e. The normalized spacial score (nSPS) is 15.3. The first-order valence-electron chi connectivity index (χ1n) is 7.99. The highest BCUT2D eigenvalue weighted by atomic mass is 79.9. The molecule has 1 N–H and O–H groups in total. The van der Waals surface area contributed by atoms with Crippen molar-refractivity contribution in [2.24, 2.45) is 5.92 Å². The van der Waals surface area contributed by atoms with Crippen molar-refractivity contribution < 1.29 is 9.53 Å². The van der Waals surface area contributed by atoms with E-state index < -0.39 is 0 Å². The van der Waals surface area contributed by atoms with Crippen LogP contribution in [-0.4, -0.2) is 35.6 Å². The molecule has 4 nitrogen and oxygen atoms in total. The van der Waals surface area contributed by atoms with Gasteiger partial charge >= 0.3 is 0 Å². The lowest BCUT2D eigenvalue weighted by Gasteiger charge is -2.32. The lowest BCUT2D eigenvalue weighted by atomic mass is 10.00. The Labute approximate surface area is 151 Å². The number of carbonyl (C=O) groups excluding carboxylic acids is 1. The summed E-state index contributed by atoms with van der Waals surface area (Å²) < 4.78 is 6.42. The van der Waals surface area contributed by atoms with E-state index in [2.05, 4.69) is 40.0 Å².